The van der Waals surface area contributed by atoms with Gasteiger partial charge in [-0.15, -0.1) is 11.5 Å². The predicted molar refractivity (Wildman–Crippen MR) is 81.2 cm³/mol. The van der Waals surface area contributed by atoms with Gasteiger partial charge in [-0.2, -0.15) is 0 Å². The average molecular weight is 307 g/mol. The number of rotatable bonds is 4. The van der Waals surface area contributed by atoms with E-state index in [9.17, 15) is 4.79 Å². The SMILES string of the molecule is C#Cc1cc(C2CC2)cn2cc(Cn3cc(C(=O)O)nn3)nc12. The number of aromatic nitrogens is 5. The fourth-order valence-corrected chi connectivity index (χ4v) is 2.63. The molecule has 1 fully saturated rings. The van der Waals surface area contributed by atoms with Gasteiger partial charge in [0.2, 0.25) is 0 Å². The maximum absolute atomic E-state index is 10.8. The first-order chi connectivity index (χ1) is 11.1. The molecule has 1 saturated carbocycles. The zero-order chi connectivity index (χ0) is 16.0. The third-order valence-corrected chi connectivity index (χ3v) is 3.91. The van der Waals surface area contributed by atoms with E-state index in [0.29, 0.717) is 12.5 Å². The number of imidazole rings is 1. The van der Waals surface area contributed by atoms with Gasteiger partial charge in [0.25, 0.3) is 0 Å². The Bertz CT molecular complexity index is 959. The third kappa shape index (κ3) is 2.44. The van der Waals surface area contributed by atoms with Gasteiger partial charge in [0.1, 0.15) is 0 Å². The highest BCUT2D eigenvalue weighted by molar-refractivity contribution is 5.84. The number of carboxylic acid groups (broad SMARTS) is 1. The lowest BCUT2D eigenvalue weighted by Gasteiger charge is -2.02. The maximum Gasteiger partial charge on any atom is 0.358 e. The van der Waals surface area contributed by atoms with Crippen LogP contribution >= 0.6 is 0 Å². The molecule has 0 aromatic carbocycles. The van der Waals surface area contributed by atoms with Crippen molar-refractivity contribution in [2.75, 3.05) is 0 Å². The molecular formula is C16H13N5O2. The lowest BCUT2D eigenvalue weighted by atomic mass is 10.1. The fraction of sp³-hybridized carbons (Fsp3) is 0.250. The zero-order valence-electron chi connectivity index (χ0n) is 12.2. The van der Waals surface area contributed by atoms with Crippen LogP contribution in [0.2, 0.25) is 0 Å². The quantitative estimate of drug-likeness (QED) is 0.739. The van der Waals surface area contributed by atoms with E-state index in [1.165, 1.54) is 29.3 Å². The zero-order valence-corrected chi connectivity index (χ0v) is 12.2. The second-order valence-corrected chi connectivity index (χ2v) is 5.68. The van der Waals surface area contributed by atoms with Crippen LogP contribution < -0.4 is 0 Å². The molecule has 0 bridgehead atoms. The van der Waals surface area contributed by atoms with Crippen LogP contribution in [0.4, 0.5) is 0 Å². The number of pyridine rings is 1. The Labute approximate surface area is 131 Å². The summed E-state index contributed by atoms with van der Waals surface area (Å²) in [5, 5.41) is 16.3. The normalized spacial score (nSPS) is 14.0. The maximum atomic E-state index is 10.8. The molecule has 0 radical (unpaired) electrons. The van der Waals surface area contributed by atoms with E-state index in [4.69, 9.17) is 11.5 Å². The van der Waals surface area contributed by atoms with E-state index < -0.39 is 5.97 Å². The van der Waals surface area contributed by atoms with Gasteiger partial charge in [0.15, 0.2) is 11.3 Å². The number of terminal acetylenes is 1. The smallest absolute Gasteiger partial charge is 0.358 e. The van der Waals surface area contributed by atoms with Crippen molar-refractivity contribution in [2.24, 2.45) is 0 Å². The Hall–Kier alpha value is -3.14. The van der Waals surface area contributed by atoms with Gasteiger partial charge in [-0.1, -0.05) is 11.1 Å². The molecule has 0 amide bonds. The van der Waals surface area contributed by atoms with E-state index >= 15 is 0 Å². The van der Waals surface area contributed by atoms with Crippen LogP contribution in [0.25, 0.3) is 5.65 Å². The summed E-state index contributed by atoms with van der Waals surface area (Å²) in [4.78, 5) is 15.4. The molecule has 1 aliphatic carbocycles. The summed E-state index contributed by atoms with van der Waals surface area (Å²) in [5.41, 5.74) is 3.39. The first-order valence-corrected chi connectivity index (χ1v) is 7.25. The summed E-state index contributed by atoms with van der Waals surface area (Å²) < 4.78 is 3.38. The number of carbonyl (C=O) groups is 1. The second-order valence-electron chi connectivity index (χ2n) is 5.68. The highest BCUT2D eigenvalue weighted by Crippen LogP contribution is 2.40. The molecule has 3 heterocycles. The summed E-state index contributed by atoms with van der Waals surface area (Å²) in [7, 11) is 0. The van der Waals surface area contributed by atoms with Crippen LogP contribution in [0.15, 0.2) is 24.7 Å². The molecule has 0 spiro atoms. The summed E-state index contributed by atoms with van der Waals surface area (Å²) in [6.07, 6.45) is 13.3. The van der Waals surface area contributed by atoms with Crippen molar-refractivity contribution in [1.29, 1.82) is 0 Å². The molecule has 7 heteroatoms. The third-order valence-electron chi connectivity index (χ3n) is 3.91. The van der Waals surface area contributed by atoms with Gasteiger partial charge >= 0.3 is 5.97 Å². The fourth-order valence-electron chi connectivity index (χ4n) is 2.63. The molecule has 1 aliphatic rings. The summed E-state index contributed by atoms with van der Waals surface area (Å²) in [5.74, 6) is 2.19. The summed E-state index contributed by atoms with van der Waals surface area (Å²) >= 11 is 0. The van der Waals surface area contributed by atoms with Gasteiger partial charge in [-0.3, -0.25) is 0 Å². The Morgan fingerprint density at radius 3 is 2.87 bits per heavy atom. The lowest BCUT2D eigenvalue weighted by molar-refractivity contribution is 0.0690. The van der Waals surface area contributed by atoms with Crippen molar-refractivity contribution in [3.63, 3.8) is 0 Å². The average Bonchev–Trinajstić information content (AvgIpc) is 3.14. The standard InChI is InChI=1S/C16H13N5O2/c1-2-10-5-12(11-3-4-11)6-20-7-13(17-15(10)20)8-21-9-14(16(22)23)18-19-21/h1,5-7,9,11H,3-4,8H2,(H,22,23). The van der Waals surface area contributed by atoms with Crippen molar-refractivity contribution in [1.82, 2.24) is 24.4 Å². The lowest BCUT2D eigenvalue weighted by Crippen LogP contribution is -2.00. The predicted octanol–water partition coefficient (Wildman–Crippen LogP) is 1.53. The molecule has 4 rings (SSSR count). The minimum absolute atomic E-state index is 0.0888. The first-order valence-electron chi connectivity index (χ1n) is 7.25. The largest absolute Gasteiger partial charge is 0.476 e. The van der Waals surface area contributed by atoms with E-state index in [1.54, 1.807) is 0 Å². The number of hydrogen-bond donors (Lipinski definition) is 1. The Morgan fingerprint density at radius 1 is 1.39 bits per heavy atom. The van der Waals surface area contributed by atoms with E-state index in [0.717, 1.165) is 16.9 Å². The van der Waals surface area contributed by atoms with Crippen LogP contribution in [0.1, 0.15) is 46.1 Å². The minimum atomic E-state index is -1.10. The van der Waals surface area contributed by atoms with Crippen LogP contribution in [0, 0.1) is 12.3 Å². The molecule has 0 saturated heterocycles. The van der Waals surface area contributed by atoms with Crippen LogP contribution in [-0.2, 0) is 6.54 Å². The second kappa shape index (κ2) is 4.95. The van der Waals surface area contributed by atoms with Crippen molar-refractivity contribution >= 4 is 11.6 Å². The van der Waals surface area contributed by atoms with E-state index in [-0.39, 0.29) is 5.69 Å². The Kier molecular flexibility index (Phi) is 2.91. The topological polar surface area (TPSA) is 85.3 Å². The van der Waals surface area contributed by atoms with Crippen molar-refractivity contribution in [3.05, 3.63) is 47.2 Å². The van der Waals surface area contributed by atoms with Gasteiger partial charge in [-0.25, -0.2) is 14.5 Å². The molecule has 3 aromatic heterocycles. The number of hydrogen-bond acceptors (Lipinski definition) is 4. The molecule has 1 N–H and O–H groups in total. The molecule has 0 aliphatic heterocycles. The van der Waals surface area contributed by atoms with Crippen LogP contribution in [0.5, 0.6) is 0 Å². The van der Waals surface area contributed by atoms with Crippen molar-refractivity contribution in [2.45, 2.75) is 25.3 Å². The van der Waals surface area contributed by atoms with Gasteiger partial charge in [0, 0.05) is 12.4 Å². The highest BCUT2D eigenvalue weighted by atomic mass is 16.4. The Balaban J connectivity index is 1.70. The first kappa shape index (κ1) is 13.5. The molecule has 23 heavy (non-hydrogen) atoms. The summed E-state index contributed by atoms with van der Waals surface area (Å²) in [6.45, 7) is 0.338. The number of fused-ring (bicyclic) bond motifs is 1. The molecule has 114 valence electrons. The molecule has 7 nitrogen and oxygen atoms in total. The van der Waals surface area contributed by atoms with Gasteiger partial charge in [0.05, 0.1) is 24.0 Å². The van der Waals surface area contributed by atoms with Crippen molar-refractivity contribution in [3.8, 4) is 12.3 Å². The monoisotopic (exact) mass is 307 g/mol. The molecule has 3 aromatic rings. The van der Waals surface area contributed by atoms with Gasteiger partial charge < -0.3 is 9.51 Å². The number of carboxylic acids is 1. The molecular weight excluding hydrogens is 294 g/mol. The van der Waals surface area contributed by atoms with E-state index in [1.807, 2.05) is 16.7 Å². The number of aromatic carboxylic acids is 1. The highest BCUT2D eigenvalue weighted by Gasteiger charge is 2.25. The minimum Gasteiger partial charge on any atom is -0.476 e. The summed E-state index contributed by atoms with van der Waals surface area (Å²) in [6, 6.07) is 2.03. The van der Waals surface area contributed by atoms with Crippen LogP contribution in [0.3, 0.4) is 0 Å². The van der Waals surface area contributed by atoms with Crippen LogP contribution in [-0.4, -0.2) is 35.5 Å². The van der Waals surface area contributed by atoms with E-state index in [2.05, 4.69) is 27.4 Å². The van der Waals surface area contributed by atoms with Crippen molar-refractivity contribution < 1.29 is 9.90 Å². The molecule has 0 unspecified atom stereocenters. The Morgan fingerprint density at radius 2 is 2.22 bits per heavy atom. The molecule has 0 atom stereocenters. The number of nitrogens with zero attached hydrogens (tertiary/aromatic N) is 5. The van der Waals surface area contributed by atoms with Gasteiger partial charge in [-0.05, 0) is 30.4 Å².